The molecule has 0 fully saturated rings. The van der Waals surface area contributed by atoms with Gasteiger partial charge in [-0.15, -0.1) is 0 Å². The van der Waals surface area contributed by atoms with E-state index in [1.807, 2.05) is 0 Å². The molecule has 2 N–H and O–H groups in total. The quantitative estimate of drug-likeness (QED) is 0.403. The number of methoxy groups -OCH3 is 4. The summed E-state index contributed by atoms with van der Waals surface area (Å²) in [6.07, 6.45) is 5.29. The number of hydrogen-bond acceptors (Lipinski definition) is 8. The minimum atomic E-state index is -0.401. The molecule has 0 amide bonds. The second-order valence-electron chi connectivity index (χ2n) is 6.62. The Balaban J connectivity index is 2.09. The van der Waals surface area contributed by atoms with Crippen molar-refractivity contribution in [3.8, 4) is 28.7 Å². The summed E-state index contributed by atoms with van der Waals surface area (Å²) in [5.74, 6) is 0.566. The maximum Gasteiger partial charge on any atom is 0.203 e. The molecule has 0 aliphatic carbocycles. The molecule has 0 unspecified atom stereocenters. The fourth-order valence-electron chi connectivity index (χ4n) is 2.93. The first-order valence-electron chi connectivity index (χ1n) is 9.59. The van der Waals surface area contributed by atoms with Gasteiger partial charge in [0.15, 0.2) is 34.6 Å². The molecule has 0 aromatic heterocycles. The van der Waals surface area contributed by atoms with Crippen LogP contribution >= 0.6 is 0 Å². The SMILES string of the molecule is COc1cc(/C=C/C(=O)CC(=O)/C=C/c2cc(OC)c(OC)c(OC)c2)cc(CO)c1O. The Morgan fingerprint density at radius 1 is 0.781 bits per heavy atom. The van der Waals surface area contributed by atoms with Gasteiger partial charge in [0.05, 0.1) is 41.5 Å². The van der Waals surface area contributed by atoms with Crippen LogP contribution in [-0.4, -0.2) is 50.2 Å². The lowest BCUT2D eigenvalue weighted by Gasteiger charge is -2.12. The fraction of sp³-hybridized carbons (Fsp3) is 0.250. The van der Waals surface area contributed by atoms with Crippen molar-refractivity contribution < 1.29 is 38.7 Å². The van der Waals surface area contributed by atoms with Crippen LogP contribution < -0.4 is 18.9 Å². The summed E-state index contributed by atoms with van der Waals surface area (Å²) in [6, 6.07) is 6.41. The van der Waals surface area contributed by atoms with Gasteiger partial charge in [0.25, 0.3) is 0 Å². The Kier molecular flexibility index (Phi) is 8.85. The Hall–Kier alpha value is -3.78. The van der Waals surface area contributed by atoms with Crippen molar-refractivity contribution in [2.24, 2.45) is 0 Å². The maximum atomic E-state index is 12.2. The maximum absolute atomic E-state index is 12.2. The lowest BCUT2D eigenvalue weighted by Crippen LogP contribution is -2.02. The number of phenols is 1. The van der Waals surface area contributed by atoms with E-state index in [-0.39, 0.29) is 35.9 Å². The van der Waals surface area contributed by atoms with Crippen molar-refractivity contribution in [1.29, 1.82) is 0 Å². The normalized spacial score (nSPS) is 11.0. The molecule has 0 aliphatic rings. The molecule has 0 saturated carbocycles. The topological polar surface area (TPSA) is 112 Å². The van der Waals surface area contributed by atoms with Crippen molar-refractivity contribution >= 4 is 23.7 Å². The molecule has 0 atom stereocenters. The Bertz CT molecular complexity index is 986. The van der Waals surface area contributed by atoms with Crippen molar-refractivity contribution in [3.05, 3.63) is 53.1 Å². The largest absolute Gasteiger partial charge is 0.504 e. The minimum absolute atomic E-state index is 0.161. The van der Waals surface area contributed by atoms with Crippen LogP contribution in [0.4, 0.5) is 0 Å². The monoisotopic (exact) mass is 442 g/mol. The van der Waals surface area contributed by atoms with Gasteiger partial charge in [-0.2, -0.15) is 0 Å². The van der Waals surface area contributed by atoms with Crippen molar-refractivity contribution in [1.82, 2.24) is 0 Å². The molecule has 2 aromatic rings. The molecule has 0 aliphatic heterocycles. The first-order chi connectivity index (χ1) is 15.4. The number of carbonyl (C=O) groups excluding carboxylic acids is 2. The van der Waals surface area contributed by atoms with Gasteiger partial charge < -0.3 is 29.2 Å². The van der Waals surface area contributed by atoms with E-state index in [1.54, 1.807) is 18.2 Å². The molecule has 2 rings (SSSR count). The molecule has 32 heavy (non-hydrogen) atoms. The van der Waals surface area contributed by atoms with Gasteiger partial charge in [-0.1, -0.05) is 12.2 Å². The number of rotatable bonds is 11. The van der Waals surface area contributed by atoms with Crippen LogP contribution in [0.3, 0.4) is 0 Å². The summed E-state index contributed by atoms with van der Waals surface area (Å²) in [4.78, 5) is 24.4. The van der Waals surface area contributed by atoms with E-state index in [0.717, 1.165) is 0 Å². The highest BCUT2D eigenvalue weighted by Gasteiger charge is 2.13. The van der Waals surface area contributed by atoms with Gasteiger partial charge in [0.2, 0.25) is 5.75 Å². The van der Waals surface area contributed by atoms with Crippen molar-refractivity contribution in [2.45, 2.75) is 13.0 Å². The molecule has 0 saturated heterocycles. The average molecular weight is 442 g/mol. The van der Waals surface area contributed by atoms with E-state index in [0.29, 0.717) is 28.4 Å². The molecule has 0 radical (unpaired) electrons. The lowest BCUT2D eigenvalue weighted by atomic mass is 10.1. The van der Waals surface area contributed by atoms with Crippen LogP contribution in [0.25, 0.3) is 12.2 Å². The van der Waals surface area contributed by atoms with Gasteiger partial charge in [0, 0.05) is 5.56 Å². The van der Waals surface area contributed by atoms with Gasteiger partial charge in [-0.05, 0) is 47.5 Å². The van der Waals surface area contributed by atoms with E-state index >= 15 is 0 Å². The third-order valence-electron chi connectivity index (χ3n) is 4.53. The zero-order valence-electron chi connectivity index (χ0n) is 18.4. The molecule has 170 valence electrons. The summed E-state index contributed by atoms with van der Waals surface area (Å²) in [5, 5.41) is 19.2. The highest BCUT2D eigenvalue weighted by atomic mass is 16.5. The summed E-state index contributed by atoms with van der Waals surface area (Å²) in [6.45, 7) is -0.387. The van der Waals surface area contributed by atoms with E-state index in [4.69, 9.17) is 18.9 Å². The van der Waals surface area contributed by atoms with Gasteiger partial charge >= 0.3 is 0 Å². The first kappa shape index (κ1) is 24.5. The van der Waals surface area contributed by atoms with Crippen LogP contribution in [0.5, 0.6) is 28.7 Å². The third-order valence-corrected chi connectivity index (χ3v) is 4.53. The van der Waals surface area contributed by atoms with Crippen molar-refractivity contribution in [2.75, 3.05) is 28.4 Å². The van der Waals surface area contributed by atoms with Gasteiger partial charge in [-0.25, -0.2) is 0 Å². The summed E-state index contributed by atoms with van der Waals surface area (Å²) >= 11 is 0. The molecule has 2 aromatic carbocycles. The van der Waals surface area contributed by atoms with Crippen LogP contribution in [-0.2, 0) is 16.2 Å². The highest BCUT2D eigenvalue weighted by molar-refractivity contribution is 6.10. The predicted octanol–water partition coefficient (Wildman–Crippen LogP) is 3.17. The number of aromatic hydroxyl groups is 1. The standard InChI is InChI=1S/C24H26O8/c1-29-20-10-15(9-17(14-25)23(20)28)5-7-18(26)13-19(27)8-6-16-11-21(30-2)24(32-4)22(12-16)31-3/h5-12,25,28H,13-14H2,1-4H3/b7-5+,8-6+. The average Bonchev–Trinajstić information content (AvgIpc) is 2.81. The molecule has 0 bridgehead atoms. The smallest absolute Gasteiger partial charge is 0.203 e. The third kappa shape index (κ3) is 6.12. The molecule has 0 heterocycles. The summed E-state index contributed by atoms with van der Waals surface area (Å²) in [5.41, 5.74) is 1.45. The summed E-state index contributed by atoms with van der Waals surface area (Å²) in [7, 11) is 5.87. The number of hydrogen-bond donors (Lipinski definition) is 2. The molecule has 8 heteroatoms. The minimum Gasteiger partial charge on any atom is -0.504 e. The predicted molar refractivity (Wildman–Crippen MR) is 119 cm³/mol. The molecule has 8 nitrogen and oxygen atoms in total. The second-order valence-corrected chi connectivity index (χ2v) is 6.62. The van der Waals surface area contributed by atoms with E-state index in [9.17, 15) is 19.8 Å². The van der Waals surface area contributed by atoms with E-state index in [1.165, 1.54) is 58.8 Å². The Morgan fingerprint density at radius 2 is 1.25 bits per heavy atom. The first-order valence-corrected chi connectivity index (χ1v) is 9.59. The number of aliphatic hydroxyl groups is 1. The van der Waals surface area contributed by atoms with Crippen LogP contribution in [0.1, 0.15) is 23.1 Å². The van der Waals surface area contributed by atoms with E-state index in [2.05, 4.69) is 0 Å². The lowest BCUT2D eigenvalue weighted by molar-refractivity contribution is -0.121. The Labute approximate surface area is 186 Å². The van der Waals surface area contributed by atoms with Crippen LogP contribution in [0.2, 0.25) is 0 Å². The zero-order valence-corrected chi connectivity index (χ0v) is 18.4. The molecular weight excluding hydrogens is 416 g/mol. The number of ether oxygens (including phenoxy) is 4. The summed E-state index contributed by atoms with van der Waals surface area (Å²) < 4.78 is 20.9. The zero-order chi connectivity index (χ0) is 23.7. The number of carbonyl (C=O) groups is 2. The molecular formula is C24H26O8. The number of ketones is 2. The second kappa shape index (κ2) is 11.6. The van der Waals surface area contributed by atoms with Crippen molar-refractivity contribution in [3.63, 3.8) is 0 Å². The molecule has 0 spiro atoms. The van der Waals surface area contributed by atoms with E-state index < -0.39 is 5.78 Å². The number of allylic oxidation sites excluding steroid dienone is 2. The van der Waals surface area contributed by atoms with Crippen LogP contribution in [0, 0.1) is 0 Å². The number of benzene rings is 2. The number of aliphatic hydroxyl groups excluding tert-OH is 1. The van der Waals surface area contributed by atoms with Gasteiger partial charge in [-0.3, -0.25) is 9.59 Å². The van der Waals surface area contributed by atoms with Crippen LogP contribution in [0.15, 0.2) is 36.4 Å². The van der Waals surface area contributed by atoms with Gasteiger partial charge in [0.1, 0.15) is 0 Å². The fourth-order valence-corrected chi connectivity index (χ4v) is 2.93. The highest BCUT2D eigenvalue weighted by Crippen LogP contribution is 2.38. The Morgan fingerprint density at radius 3 is 1.69 bits per heavy atom.